The van der Waals surface area contributed by atoms with Gasteiger partial charge in [-0.3, -0.25) is 9.59 Å². The van der Waals surface area contributed by atoms with Gasteiger partial charge in [0.15, 0.2) is 0 Å². The Kier molecular flexibility index (Phi) is 4.50. The molecule has 2 heterocycles. The predicted octanol–water partition coefficient (Wildman–Crippen LogP) is 2.77. The predicted molar refractivity (Wildman–Crippen MR) is 103 cm³/mol. The van der Waals surface area contributed by atoms with Gasteiger partial charge in [0.05, 0.1) is 6.33 Å². The quantitative estimate of drug-likeness (QED) is 0.905. The van der Waals surface area contributed by atoms with Gasteiger partial charge >= 0.3 is 0 Å². The van der Waals surface area contributed by atoms with Crippen molar-refractivity contribution in [3.05, 3.63) is 48.0 Å². The molecule has 0 unspecified atom stereocenters. The van der Waals surface area contributed by atoms with E-state index in [9.17, 15) is 9.59 Å². The lowest BCUT2D eigenvalue weighted by atomic mass is 9.90. The summed E-state index contributed by atoms with van der Waals surface area (Å²) in [6, 6.07) is 6.12. The van der Waals surface area contributed by atoms with Crippen molar-refractivity contribution in [3.8, 4) is 0 Å². The molecule has 2 aliphatic rings. The summed E-state index contributed by atoms with van der Waals surface area (Å²) in [5.74, 6) is 0.321. The number of anilines is 1. The average Bonchev–Trinajstić information content (AvgIpc) is 3.06. The molecule has 1 aliphatic heterocycles. The van der Waals surface area contributed by atoms with E-state index < -0.39 is 0 Å². The molecule has 1 atom stereocenters. The van der Waals surface area contributed by atoms with Crippen LogP contribution < -0.4 is 5.32 Å². The molecule has 27 heavy (non-hydrogen) atoms. The summed E-state index contributed by atoms with van der Waals surface area (Å²) in [5.41, 5.74) is 3.28. The number of likely N-dealkylation sites (tertiary alicyclic amines) is 1. The number of amides is 2. The highest BCUT2D eigenvalue weighted by Gasteiger charge is 2.58. The highest BCUT2D eigenvalue weighted by Crippen LogP contribution is 2.59. The topological polar surface area (TPSA) is 67.2 Å². The third kappa shape index (κ3) is 3.75. The van der Waals surface area contributed by atoms with Gasteiger partial charge in [-0.05, 0) is 61.8 Å². The van der Waals surface area contributed by atoms with E-state index in [1.165, 1.54) is 0 Å². The van der Waals surface area contributed by atoms with Gasteiger partial charge in [-0.2, -0.15) is 0 Å². The van der Waals surface area contributed by atoms with Gasteiger partial charge in [-0.25, -0.2) is 4.98 Å². The standard InChI is InChI=1S/C21H26N4O2/c1-15-9-16(2)11-17(10-15)23-20(27)18-12-21(18)3-6-25(7-4-21)19(26)13-24-8-5-22-14-24/h5,8-11,14,18H,3-4,6-7,12-13H2,1-2H3,(H,23,27)/t18-/m0/s1. The lowest BCUT2D eigenvalue weighted by Gasteiger charge is -2.33. The van der Waals surface area contributed by atoms with Crippen LogP contribution in [0.5, 0.6) is 0 Å². The molecule has 1 aromatic carbocycles. The average molecular weight is 366 g/mol. The summed E-state index contributed by atoms with van der Waals surface area (Å²) in [7, 11) is 0. The minimum Gasteiger partial charge on any atom is -0.341 e. The Labute approximate surface area is 159 Å². The van der Waals surface area contributed by atoms with E-state index >= 15 is 0 Å². The van der Waals surface area contributed by atoms with Gasteiger partial charge in [0.25, 0.3) is 0 Å². The molecule has 6 nitrogen and oxygen atoms in total. The molecule has 0 radical (unpaired) electrons. The van der Waals surface area contributed by atoms with E-state index in [2.05, 4.69) is 16.4 Å². The van der Waals surface area contributed by atoms with Crippen LogP contribution in [-0.4, -0.2) is 39.4 Å². The van der Waals surface area contributed by atoms with E-state index in [4.69, 9.17) is 0 Å². The van der Waals surface area contributed by atoms with Crippen LogP contribution in [0.3, 0.4) is 0 Å². The van der Waals surface area contributed by atoms with E-state index in [0.717, 1.165) is 49.2 Å². The van der Waals surface area contributed by atoms with Crippen LogP contribution in [-0.2, 0) is 16.1 Å². The third-order valence-corrected chi connectivity index (χ3v) is 5.98. The third-order valence-electron chi connectivity index (χ3n) is 5.98. The molecule has 1 spiro atoms. The molecule has 1 saturated carbocycles. The van der Waals surface area contributed by atoms with E-state index in [1.807, 2.05) is 30.9 Å². The summed E-state index contributed by atoms with van der Waals surface area (Å²) in [5, 5.41) is 3.09. The summed E-state index contributed by atoms with van der Waals surface area (Å²) >= 11 is 0. The first kappa shape index (κ1) is 17.8. The lowest BCUT2D eigenvalue weighted by Crippen LogP contribution is -2.41. The fraction of sp³-hybridized carbons (Fsp3) is 0.476. The number of piperidine rings is 1. The van der Waals surface area contributed by atoms with Crippen LogP contribution in [0, 0.1) is 25.2 Å². The van der Waals surface area contributed by atoms with Gasteiger partial charge in [0.2, 0.25) is 11.8 Å². The second kappa shape index (κ2) is 6.83. The van der Waals surface area contributed by atoms with Crippen molar-refractivity contribution in [1.29, 1.82) is 0 Å². The number of carbonyl (C=O) groups excluding carboxylic acids is 2. The Morgan fingerprint density at radius 3 is 2.52 bits per heavy atom. The van der Waals surface area contributed by atoms with Gasteiger partial charge in [0, 0.05) is 37.1 Å². The number of hydrogen-bond acceptors (Lipinski definition) is 3. The molecule has 4 rings (SSSR count). The Bertz CT molecular complexity index is 831. The Balaban J connectivity index is 1.30. The summed E-state index contributed by atoms with van der Waals surface area (Å²) in [6.07, 6.45) is 7.91. The Hall–Kier alpha value is -2.63. The fourth-order valence-electron chi connectivity index (χ4n) is 4.39. The molecule has 1 aliphatic carbocycles. The van der Waals surface area contributed by atoms with Crippen molar-refractivity contribution in [2.75, 3.05) is 18.4 Å². The molecule has 1 N–H and O–H groups in total. The molecule has 6 heteroatoms. The number of imidazole rings is 1. The van der Waals surface area contributed by atoms with Gasteiger partial charge < -0.3 is 14.8 Å². The molecule has 2 fully saturated rings. The first-order chi connectivity index (χ1) is 12.9. The van der Waals surface area contributed by atoms with Crippen LogP contribution in [0.1, 0.15) is 30.4 Å². The van der Waals surface area contributed by atoms with Crippen LogP contribution in [0.25, 0.3) is 0 Å². The van der Waals surface area contributed by atoms with Crippen molar-refractivity contribution in [3.63, 3.8) is 0 Å². The first-order valence-corrected chi connectivity index (χ1v) is 9.58. The second-order valence-electron chi connectivity index (χ2n) is 8.10. The van der Waals surface area contributed by atoms with E-state index in [-0.39, 0.29) is 23.1 Å². The lowest BCUT2D eigenvalue weighted by molar-refractivity contribution is -0.133. The minimum absolute atomic E-state index is 0.0734. The highest BCUT2D eigenvalue weighted by molar-refractivity contribution is 5.95. The van der Waals surface area contributed by atoms with E-state index in [0.29, 0.717) is 6.54 Å². The zero-order valence-corrected chi connectivity index (χ0v) is 15.9. The molecule has 2 aromatic rings. The van der Waals surface area contributed by atoms with Crippen molar-refractivity contribution in [2.45, 2.75) is 39.7 Å². The zero-order valence-electron chi connectivity index (χ0n) is 15.9. The van der Waals surface area contributed by atoms with Crippen LogP contribution in [0.4, 0.5) is 5.69 Å². The minimum atomic E-state index is 0.0734. The normalized spacial score (nSPS) is 20.5. The number of hydrogen-bond donors (Lipinski definition) is 1. The van der Waals surface area contributed by atoms with Gasteiger partial charge in [-0.15, -0.1) is 0 Å². The monoisotopic (exact) mass is 366 g/mol. The van der Waals surface area contributed by atoms with E-state index in [1.54, 1.807) is 23.3 Å². The van der Waals surface area contributed by atoms with Crippen molar-refractivity contribution in [2.24, 2.45) is 11.3 Å². The molecule has 1 aromatic heterocycles. The van der Waals surface area contributed by atoms with Crippen molar-refractivity contribution >= 4 is 17.5 Å². The number of aromatic nitrogens is 2. The largest absolute Gasteiger partial charge is 0.341 e. The van der Waals surface area contributed by atoms with Gasteiger partial charge in [-0.1, -0.05) is 6.07 Å². The number of nitrogens with one attached hydrogen (secondary N) is 1. The van der Waals surface area contributed by atoms with Crippen LogP contribution >= 0.6 is 0 Å². The summed E-state index contributed by atoms with van der Waals surface area (Å²) < 4.78 is 1.80. The molecule has 2 amide bonds. The van der Waals surface area contributed by atoms with Crippen LogP contribution in [0.2, 0.25) is 0 Å². The van der Waals surface area contributed by atoms with Crippen molar-refractivity contribution < 1.29 is 9.59 Å². The number of aryl methyl sites for hydroxylation is 2. The molecule has 0 bridgehead atoms. The fourth-order valence-corrected chi connectivity index (χ4v) is 4.39. The second-order valence-corrected chi connectivity index (χ2v) is 8.10. The Morgan fingerprint density at radius 1 is 1.19 bits per heavy atom. The molecule has 1 saturated heterocycles. The van der Waals surface area contributed by atoms with Crippen molar-refractivity contribution in [1.82, 2.24) is 14.5 Å². The maximum atomic E-state index is 12.7. The number of rotatable bonds is 4. The molecular formula is C21H26N4O2. The zero-order chi connectivity index (χ0) is 19.0. The SMILES string of the molecule is Cc1cc(C)cc(NC(=O)[C@@H]2CC23CCN(C(=O)Cn2ccnc2)CC3)c1. The highest BCUT2D eigenvalue weighted by atomic mass is 16.2. The summed E-state index contributed by atoms with van der Waals surface area (Å²) in [4.78, 5) is 31.0. The summed E-state index contributed by atoms with van der Waals surface area (Å²) in [6.45, 7) is 5.89. The molecule has 142 valence electrons. The smallest absolute Gasteiger partial charge is 0.242 e. The molecular weight excluding hydrogens is 340 g/mol. The number of nitrogens with zero attached hydrogens (tertiary/aromatic N) is 3. The maximum Gasteiger partial charge on any atom is 0.242 e. The number of carbonyl (C=O) groups is 2. The first-order valence-electron chi connectivity index (χ1n) is 9.58. The number of benzene rings is 1. The maximum absolute atomic E-state index is 12.7. The van der Waals surface area contributed by atoms with Crippen LogP contribution in [0.15, 0.2) is 36.9 Å². The van der Waals surface area contributed by atoms with Gasteiger partial charge in [0.1, 0.15) is 6.54 Å². The Morgan fingerprint density at radius 2 is 1.89 bits per heavy atom.